The molecular formula is C20H22N2O7. The van der Waals surface area contributed by atoms with Gasteiger partial charge >= 0.3 is 5.97 Å². The summed E-state index contributed by atoms with van der Waals surface area (Å²) in [5, 5.41) is 2.59. The van der Waals surface area contributed by atoms with E-state index in [1.807, 2.05) is 0 Å². The van der Waals surface area contributed by atoms with Crippen LogP contribution in [0.2, 0.25) is 0 Å². The maximum absolute atomic E-state index is 12.6. The van der Waals surface area contributed by atoms with E-state index < -0.39 is 24.5 Å². The highest BCUT2D eigenvalue weighted by Gasteiger charge is 2.51. The molecule has 4 rings (SSSR count). The molecule has 0 spiro atoms. The molecule has 1 saturated heterocycles. The highest BCUT2D eigenvalue weighted by atomic mass is 16.7. The predicted molar refractivity (Wildman–Crippen MR) is 98.9 cm³/mol. The summed E-state index contributed by atoms with van der Waals surface area (Å²) in [5.41, 5.74) is 0.470. The van der Waals surface area contributed by atoms with Crippen LogP contribution in [-0.4, -0.2) is 48.0 Å². The number of ether oxygens (including phenoxy) is 3. The molecule has 154 valence electrons. The molecule has 9 heteroatoms. The van der Waals surface area contributed by atoms with Crippen molar-refractivity contribution in [3.05, 3.63) is 18.2 Å². The molecule has 2 heterocycles. The Hall–Kier alpha value is -3.10. The number of nitrogens with zero attached hydrogens (tertiary/aromatic N) is 1. The molecule has 1 aromatic carbocycles. The van der Waals surface area contributed by atoms with E-state index in [9.17, 15) is 19.2 Å². The quantitative estimate of drug-likeness (QED) is 0.586. The van der Waals surface area contributed by atoms with Gasteiger partial charge < -0.3 is 19.5 Å². The average Bonchev–Trinajstić information content (AvgIpc) is 3.28. The van der Waals surface area contributed by atoms with Gasteiger partial charge in [0.2, 0.25) is 18.6 Å². The Morgan fingerprint density at radius 3 is 2.48 bits per heavy atom. The number of esters is 1. The molecule has 1 N–H and O–H groups in total. The molecule has 0 aromatic heterocycles. The van der Waals surface area contributed by atoms with E-state index in [-0.39, 0.29) is 30.4 Å². The van der Waals surface area contributed by atoms with Crippen molar-refractivity contribution in [1.29, 1.82) is 0 Å². The van der Waals surface area contributed by atoms with E-state index in [2.05, 4.69) is 5.32 Å². The first kappa shape index (κ1) is 19.2. The zero-order valence-electron chi connectivity index (χ0n) is 16.0. The second-order valence-electron chi connectivity index (χ2n) is 7.44. The molecule has 2 aliphatic heterocycles. The van der Waals surface area contributed by atoms with E-state index in [4.69, 9.17) is 14.2 Å². The number of nitrogens with one attached hydrogen (secondary N) is 1. The monoisotopic (exact) mass is 402 g/mol. The highest BCUT2D eigenvalue weighted by molar-refractivity contribution is 6.08. The molecule has 1 saturated carbocycles. The van der Waals surface area contributed by atoms with Crippen LogP contribution in [0.4, 0.5) is 5.69 Å². The summed E-state index contributed by atoms with van der Waals surface area (Å²) in [5.74, 6) is -1.52. The smallest absolute Gasteiger partial charge is 0.329 e. The normalized spacial score (nSPS) is 23.6. The van der Waals surface area contributed by atoms with Crippen molar-refractivity contribution in [3.8, 4) is 11.5 Å². The second kappa shape index (κ2) is 7.73. The summed E-state index contributed by atoms with van der Waals surface area (Å²) in [6.07, 6.45) is 3.16. The van der Waals surface area contributed by atoms with Crippen LogP contribution >= 0.6 is 0 Å². The summed E-state index contributed by atoms with van der Waals surface area (Å²) >= 11 is 0. The van der Waals surface area contributed by atoms with Gasteiger partial charge in [-0.25, -0.2) is 4.79 Å². The lowest BCUT2D eigenvalue weighted by Gasteiger charge is -2.21. The van der Waals surface area contributed by atoms with E-state index in [0.29, 0.717) is 30.0 Å². The molecule has 3 aliphatic rings. The summed E-state index contributed by atoms with van der Waals surface area (Å²) in [4.78, 5) is 50.6. The minimum absolute atomic E-state index is 0.123. The summed E-state index contributed by atoms with van der Waals surface area (Å²) in [6, 6.07) is 3.85. The Kier molecular flexibility index (Phi) is 5.12. The lowest BCUT2D eigenvalue weighted by atomic mass is 9.81. The maximum Gasteiger partial charge on any atom is 0.329 e. The molecule has 0 radical (unpaired) electrons. The van der Waals surface area contributed by atoms with Gasteiger partial charge in [0.15, 0.2) is 18.1 Å². The largest absolute Gasteiger partial charge is 0.454 e. The van der Waals surface area contributed by atoms with E-state index in [1.54, 1.807) is 18.2 Å². The lowest BCUT2D eigenvalue weighted by Crippen LogP contribution is -2.45. The minimum Gasteiger partial charge on any atom is -0.454 e. The molecule has 1 aliphatic carbocycles. The van der Waals surface area contributed by atoms with Gasteiger partial charge in [-0.2, -0.15) is 0 Å². The number of carbonyl (C=O) groups is 4. The fourth-order valence-electron chi connectivity index (χ4n) is 4.10. The number of fused-ring (bicyclic) bond motifs is 2. The number of amides is 3. The van der Waals surface area contributed by atoms with Crippen LogP contribution in [0.5, 0.6) is 11.5 Å². The third-order valence-electron chi connectivity index (χ3n) is 5.61. The molecule has 0 unspecified atom stereocenters. The van der Waals surface area contributed by atoms with Gasteiger partial charge in [0.1, 0.15) is 6.04 Å². The number of likely N-dealkylation sites (tertiary alicyclic amines) is 1. The predicted octanol–water partition coefficient (Wildman–Crippen LogP) is 1.46. The van der Waals surface area contributed by atoms with Crippen LogP contribution in [0.15, 0.2) is 18.2 Å². The number of carbonyl (C=O) groups excluding carboxylic acids is 4. The van der Waals surface area contributed by atoms with Crippen LogP contribution in [0.25, 0.3) is 0 Å². The molecule has 0 bridgehead atoms. The van der Waals surface area contributed by atoms with Crippen molar-refractivity contribution in [2.24, 2.45) is 11.8 Å². The van der Waals surface area contributed by atoms with Gasteiger partial charge in [-0.3, -0.25) is 19.3 Å². The number of imide groups is 1. The zero-order valence-corrected chi connectivity index (χ0v) is 16.0. The van der Waals surface area contributed by atoms with E-state index in [0.717, 1.165) is 17.7 Å². The Morgan fingerprint density at radius 1 is 1.14 bits per heavy atom. The number of rotatable bonds is 5. The van der Waals surface area contributed by atoms with E-state index >= 15 is 0 Å². The highest BCUT2D eigenvalue weighted by Crippen LogP contribution is 2.39. The number of benzene rings is 1. The molecule has 2 fully saturated rings. The van der Waals surface area contributed by atoms with Crippen molar-refractivity contribution in [2.75, 3.05) is 18.7 Å². The number of hydrogen-bond acceptors (Lipinski definition) is 7. The topological polar surface area (TPSA) is 111 Å². The summed E-state index contributed by atoms with van der Waals surface area (Å²) in [7, 11) is 0. The first-order valence-corrected chi connectivity index (χ1v) is 9.69. The summed E-state index contributed by atoms with van der Waals surface area (Å²) < 4.78 is 15.5. The van der Waals surface area contributed by atoms with Crippen molar-refractivity contribution in [1.82, 2.24) is 4.90 Å². The second-order valence-corrected chi connectivity index (χ2v) is 7.44. The average molecular weight is 402 g/mol. The van der Waals surface area contributed by atoms with Crippen molar-refractivity contribution in [2.45, 2.75) is 38.6 Å². The van der Waals surface area contributed by atoms with Crippen LogP contribution in [-0.2, 0) is 23.9 Å². The molecule has 3 amide bonds. The van der Waals surface area contributed by atoms with Crippen molar-refractivity contribution >= 4 is 29.4 Å². The van der Waals surface area contributed by atoms with Crippen molar-refractivity contribution < 1.29 is 33.4 Å². The standard InChI is InChI=1S/C20H22N2O7/c1-11(22-18(24)13-4-2-3-5-14(13)19(22)25)20(26)27-9-17(23)21-12-6-7-15-16(8-12)29-10-28-15/h6-8,11,13-14H,2-5,9-10H2,1H3,(H,21,23)/t11-,13-,14-/m0/s1. The van der Waals surface area contributed by atoms with Gasteiger partial charge in [-0.15, -0.1) is 0 Å². The first-order valence-electron chi connectivity index (χ1n) is 9.69. The maximum atomic E-state index is 12.6. The van der Waals surface area contributed by atoms with Crippen LogP contribution in [0.1, 0.15) is 32.6 Å². The SMILES string of the molecule is C[C@@H](C(=O)OCC(=O)Nc1ccc2c(c1)OCO2)N1C(=O)[C@H]2CCCC[C@@H]2C1=O. The summed E-state index contributed by atoms with van der Waals surface area (Å²) in [6.45, 7) is 1.05. The molecule has 29 heavy (non-hydrogen) atoms. The third-order valence-corrected chi connectivity index (χ3v) is 5.61. The van der Waals surface area contributed by atoms with Crippen molar-refractivity contribution in [3.63, 3.8) is 0 Å². The molecule has 1 aromatic rings. The van der Waals surface area contributed by atoms with Crippen LogP contribution in [0.3, 0.4) is 0 Å². The van der Waals surface area contributed by atoms with Crippen LogP contribution < -0.4 is 14.8 Å². The van der Waals surface area contributed by atoms with Gasteiger partial charge in [0.25, 0.3) is 5.91 Å². The Balaban J connectivity index is 1.31. The Morgan fingerprint density at radius 2 is 1.79 bits per heavy atom. The van der Waals surface area contributed by atoms with Gasteiger partial charge in [-0.05, 0) is 31.9 Å². The third kappa shape index (κ3) is 3.64. The Labute approximate surface area is 167 Å². The fraction of sp³-hybridized carbons (Fsp3) is 0.500. The first-order chi connectivity index (χ1) is 14.0. The molecule has 3 atom stereocenters. The van der Waals surface area contributed by atoms with Gasteiger partial charge in [0.05, 0.1) is 11.8 Å². The minimum atomic E-state index is -1.06. The van der Waals surface area contributed by atoms with E-state index in [1.165, 1.54) is 6.92 Å². The van der Waals surface area contributed by atoms with Crippen LogP contribution in [0, 0.1) is 11.8 Å². The zero-order chi connectivity index (χ0) is 20.5. The molecular weight excluding hydrogens is 380 g/mol. The number of hydrogen-bond donors (Lipinski definition) is 1. The van der Waals surface area contributed by atoms with Gasteiger partial charge in [-0.1, -0.05) is 12.8 Å². The number of anilines is 1. The Bertz CT molecular complexity index is 844. The molecule has 9 nitrogen and oxygen atoms in total. The lowest BCUT2D eigenvalue weighted by molar-refractivity contribution is -0.159. The van der Waals surface area contributed by atoms with Gasteiger partial charge in [0, 0.05) is 11.8 Å². The fourth-order valence-corrected chi connectivity index (χ4v) is 4.10.